The van der Waals surface area contributed by atoms with E-state index in [1.165, 1.54) is 19.5 Å². The summed E-state index contributed by atoms with van der Waals surface area (Å²) in [5.74, 6) is 0. The molecule has 1 spiro atoms. The van der Waals surface area contributed by atoms with Crippen molar-refractivity contribution in [1.29, 1.82) is 0 Å². The Labute approximate surface area is 142 Å². The molecule has 1 aromatic rings. The Bertz CT molecular complexity index is 642. The Balaban J connectivity index is 1.12. The number of carbonyl (C=O) groups excluding carboxylic acids is 1. The summed E-state index contributed by atoms with van der Waals surface area (Å²) in [6, 6.07) is 9.82. The smallest absolute Gasteiger partial charge is 0.407 e. The molecule has 1 aromatic carbocycles. The zero-order valence-corrected chi connectivity index (χ0v) is 13.9. The van der Waals surface area contributed by atoms with Gasteiger partial charge in [0.15, 0.2) is 0 Å². The summed E-state index contributed by atoms with van der Waals surface area (Å²) in [7, 11) is 0. The second-order valence-electron chi connectivity index (χ2n) is 8.39. The fraction of sp³-hybridized carbons (Fsp3) is 0.632. The molecule has 3 aliphatic carbocycles. The molecule has 0 aromatic heterocycles. The average Bonchev–Trinajstić information content (AvgIpc) is 2.99. The van der Waals surface area contributed by atoms with Gasteiger partial charge in [-0.3, -0.25) is 4.90 Å². The van der Waals surface area contributed by atoms with Crippen LogP contribution in [0.2, 0.25) is 0 Å². The van der Waals surface area contributed by atoms with Gasteiger partial charge < -0.3 is 14.8 Å². The summed E-state index contributed by atoms with van der Waals surface area (Å²) in [6.45, 7) is 4.58. The number of hydrogen-bond acceptors (Lipinski definition) is 4. The first-order valence-electron chi connectivity index (χ1n) is 8.93. The molecule has 24 heavy (non-hydrogen) atoms. The molecule has 2 bridgehead atoms. The molecule has 5 nitrogen and oxygen atoms in total. The van der Waals surface area contributed by atoms with Gasteiger partial charge >= 0.3 is 6.09 Å². The van der Waals surface area contributed by atoms with Crippen molar-refractivity contribution < 1.29 is 14.3 Å². The van der Waals surface area contributed by atoms with Gasteiger partial charge in [-0.2, -0.15) is 0 Å². The normalized spacial score (nSPS) is 35.7. The summed E-state index contributed by atoms with van der Waals surface area (Å²) < 4.78 is 10.8. The first kappa shape index (κ1) is 14.7. The van der Waals surface area contributed by atoms with Gasteiger partial charge in [0.1, 0.15) is 6.61 Å². The van der Waals surface area contributed by atoms with Gasteiger partial charge in [-0.15, -0.1) is 0 Å². The number of ether oxygens (including phenoxy) is 2. The topological polar surface area (TPSA) is 50.8 Å². The van der Waals surface area contributed by atoms with E-state index in [1.807, 2.05) is 30.3 Å². The van der Waals surface area contributed by atoms with E-state index >= 15 is 0 Å². The highest BCUT2D eigenvalue weighted by atomic mass is 16.5. The standard InChI is InChI=1S/C19H24N2O3/c22-16(24-8-15-4-2-1-3-5-15)20-18-6-7-19(9-18,10-18)21-11-17(12-21)13-23-14-17/h1-5H,6-14H2,(H,20,22). The second kappa shape index (κ2) is 4.96. The van der Waals surface area contributed by atoms with E-state index in [9.17, 15) is 4.79 Å². The van der Waals surface area contributed by atoms with Crippen molar-refractivity contribution in [2.45, 2.75) is 43.4 Å². The molecule has 0 radical (unpaired) electrons. The lowest BCUT2D eigenvalue weighted by Gasteiger charge is -2.64. The number of carbonyl (C=O) groups is 1. The Morgan fingerprint density at radius 2 is 1.92 bits per heavy atom. The van der Waals surface area contributed by atoms with Gasteiger partial charge in [-0.1, -0.05) is 30.3 Å². The van der Waals surface area contributed by atoms with Crippen LogP contribution >= 0.6 is 0 Å². The molecule has 128 valence electrons. The largest absolute Gasteiger partial charge is 0.445 e. The third-order valence-electron chi connectivity index (χ3n) is 6.52. The van der Waals surface area contributed by atoms with E-state index < -0.39 is 0 Å². The van der Waals surface area contributed by atoms with Crippen molar-refractivity contribution in [1.82, 2.24) is 10.2 Å². The number of rotatable bonds is 4. The summed E-state index contributed by atoms with van der Waals surface area (Å²) in [4.78, 5) is 14.8. The van der Waals surface area contributed by atoms with Crippen molar-refractivity contribution in [3.8, 4) is 0 Å². The maximum absolute atomic E-state index is 12.2. The van der Waals surface area contributed by atoms with Gasteiger partial charge in [-0.05, 0) is 31.2 Å². The zero-order chi connectivity index (χ0) is 16.3. The van der Waals surface area contributed by atoms with Gasteiger partial charge in [0.2, 0.25) is 0 Å². The maximum Gasteiger partial charge on any atom is 0.407 e. The Hall–Kier alpha value is -1.59. The van der Waals surface area contributed by atoms with Crippen LogP contribution < -0.4 is 5.32 Å². The van der Waals surface area contributed by atoms with Crippen molar-refractivity contribution in [2.75, 3.05) is 26.3 Å². The van der Waals surface area contributed by atoms with E-state index in [1.54, 1.807) is 0 Å². The van der Waals surface area contributed by atoms with Crippen LogP contribution in [0.5, 0.6) is 0 Å². The third kappa shape index (κ3) is 2.18. The zero-order valence-electron chi connectivity index (χ0n) is 13.9. The van der Waals surface area contributed by atoms with Gasteiger partial charge in [0, 0.05) is 29.6 Å². The van der Waals surface area contributed by atoms with Crippen molar-refractivity contribution in [3.63, 3.8) is 0 Å². The number of nitrogens with zero attached hydrogens (tertiary/aromatic N) is 1. The fourth-order valence-electron chi connectivity index (χ4n) is 5.21. The minimum Gasteiger partial charge on any atom is -0.445 e. The first-order valence-corrected chi connectivity index (χ1v) is 8.93. The minimum atomic E-state index is -0.276. The second-order valence-corrected chi connectivity index (χ2v) is 8.39. The van der Waals surface area contributed by atoms with E-state index in [4.69, 9.17) is 9.47 Å². The molecule has 5 heteroatoms. The third-order valence-corrected chi connectivity index (χ3v) is 6.52. The van der Waals surface area contributed by atoms with Gasteiger partial charge in [-0.25, -0.2) is 4.79 Å². The van der Waals surface area contributed by atoms with Crippen LogP contribution in [0.3, 0.4) is 0 Å². The van der Waals surface area contributed by atoms with E-state index in [-0.39, 0.29) is 11.6 Å². The number of nitrogens with one attached hydrogen (secondary N) is 1. The van der Waals surface area contributed by atoms with E-state index in [0.717, 1.165) is 38.0 Å². The van der Waals surface area contributed by atoms with Gasteiger partial charge in [0.05, 0.1) is 13.2 Å². The Morgan fingerprint density at radius 1 is 1.17 bits per heavy atom. The highest BCUT2D eigenvalue weighted by Crippen LogP contribution is 2.61. The van der Waals surface area contributed by atoms with E-state index in [0.29, 0.717) is 17.6 Å². The molecule has 2 aliphatic heterocycles. The molecule has 2 heterocycles. The number of benzene rings is 1. The quantitative estimate of drug-likeness (QED) is 0.921. The summed E-state index contributed by atoms with van der Waals surface area (Å²) >= 11 is 0. The van der Waals surface area contributed by atoms with Gasteiger partial charge in [0.25, 0.3) is 0 Å². The first-order chi connectivity index (χ1) is 11.6. The van der Waals surface area contributed by atoms with Crippen LogP contribution in [0, 0.1) is 5.41 Å². The van der Waals surface area contributed by atoms with Crippen molar-refractivity contribution in [3.05, 3.63) is 35.9 Å². The number of alkyl carbamates (subject to hydrolysis) is 1. The van der Waals surface area contributed by atoms with Crippen molar-refractivity contribution in [2.24, 2.45) is 5.41 Å². The molecule has 6 rings (SSSR count). The molecule has 3 saturated carbocycles. The summed E-state index contributed by atoms with van der Waals surface area (Å²) in [5.41, 5.74) is 1.81. The molecule has 1 N–H and O–H groups in total. The number of likely N-dealkylation sites (tertiary alicyclic amines) is 1. The highest BCUT2D eigenvalue weighted by molar-refractivity contribution is 5.69. The average molecular weight is 328 g/mol. The SMILES string of the molecule is O=C(NC12CCC(N3CC4(COC4)C3)(C1)C2)OCc1ccccc1. The predicted molar refractivity (Wildman–Crippen MR) is 88.5 cm³/mol. The van der Waals surface area contributed by atoms with Crippen LogP contribution in [-0.4, -0.2) is 48.4 Å². The monoisotopic (exact) mass is 328 g/mol. The van der Waals surface area contributed by atoms with Crippen LogP contribution in [0.1, 0.15) is 31.2 Å². The predicted octanol–water partition coefficient (Wildman–Crippen LogP) is 2.31. The maximum atomic E-state index is 12.2. The molecule has 2 saturated heterocycles. The summed E-state index contributed by atoms with van der Waals surface area (Å²) in [6.07, 6.45) is 4.16. The minimum absolute atomic E-state index is 0.0212. The Morgan fingerprint density at radius 3 is 2.58 bits per heavy atom. The lowest BCUT2D eigenvalue weighted by Crippen LogP contribution is -2.75. The molecular formula is C19H24N2O3. The fourth-order valence-corrected chi connectivity index (χ4v) is 5.21. The van der Waals surface area contributed by atoms with Crippen LogP contribution in [0.4, 0.5) is 4.79 Å². The molecule has 1 amide bonds. The van der Waals surface area contributed by atoms with Crippen LogP contribution in [0.25, 0.3) is 0 Å². The van der Waals surface area contributed by atoms with Crippen molar-refractivity contribution >= 4 is 6.09 Å². The Kier molecular flexibility index (Phi) is 3.04. The molecule has 5 fully saturated rings. The number of hydrogen-bond donors (Lipinski definition) is 1. The number of fused-ring (bicyclic) bond motifs is 1. The lowest BCUT2D eigenvalue weighted by molar-refractivity contribution is -0.223. The van der Waals surface area contributed by atoms with Crippen LogP contribution in [-0.2, 0) is 16.1 Å². The van der Waals surface area contributed by atoms with E-state index in [2.05, 4.69) is 10.2 Å². The highest BCUT2D eigenvalue weighted by Gasteiger charge is 2.67. The number of amides is 1. The van der Waals surface area contributed by atoms with Crippen LogP contribution in [0.15, 0.2) is 30.3 Å². The molecule has 0 atom stereocenters. The lowest BCUT2D eigenvalue weighted by atomic mass is 9.65. The molecule has 0 unspecified atom stereocenters. The molecule has 5 aliphatic rings. The summed E-state index contributed by atoms with van der Waals surface area (Å²) in [5, 5.41) is 3.16. The molecular weight excluding hydrogens is 304 g/mol.